The van der Waals surface area contributed by atoms with Crippen molar-refractivity contribution in [2.24, 2.45) is 0 Å². The van der Waals surface area contributed by atoms with E-state index >= 15 is 0 Å². The highest BCUT2D eigenvalue weighted by Gasteiger charge is 2.42. The Morgan fingerprint density at radius 2 is 1.64 bits per heavy atom. The van der Waals surface area contributed by atoms with E-state index in [4.69, 9.17) is 9.47 Å². The summed E-state index contributed by atoms with van der Waals surface area (Å²) < 4.78 is 10.9. The van der Waals surface area contributed by atoms with Crippen molar-refractivity contribution >= 4 is 18.0 Å². The first-order chi connectivity index (χ1) is 15.6. The number of esters is 1. The van der Waals surface area contributed by atoms with Crippen molar-refractivity contribution in [3.05, 3.63) is 71.8 Å². The van der Waals surface area contributed by atoms with E-state index in [1.54, 1.807) is 27.7 Å². The molecule has 1 fully saturated rings. The fraction of sp³-hybridized carbons (Fsp3) is 0.423. The zero-order chi connectivity index (χ0) is 24.0. The summed E-state index contributed by atoms with van der Waals surface area (Å²) in [5.74, 6) is -0.938. The van der Waals surface area contributed by atoms with Crippen LogP contribution in [-0.4, -0.2) is 47.1 Å². The van der Waals surface area contributed by atoms with Gasteiger partial charge in [-0.05, 0) is 45.2 Å². The third-order valence-corrected chi connectivity index (χ3v) is 5.44. The van der Waals surface area contributed by atoms with Crippen molar-refractivity contribution in [1.29, 1.82) is 0 Å². The quantitative estimate of drug-likeness (QED) is 0.669. The fourth-order valence-corrected chi connectivity index (χ4v) is 3.80. The van der Waals surface area contributed by atoms with E-state index in [0.29, 0.717) is 13.0 Å². The van der Waals surface area contributed by atoms with E-state index in [0.717, 1.165) is 11.1 Å². The summed E-state index contributed by atoms with van der Waals surface area (Å²) in [4.78, 5) is 39.9. The van der Waals surface area contributed by atoms with Gasteiger partial charge in [-0.2, -0.15) is 0 Å². The number of hydrogen-bond acceptors (Lipinski definition) is 5. The maximum atomic E-state index is 13.1. The van der Waals surface area contributed by atoms with Crippen LogP contribution in [0, 0.1) is 0 Å². The summed E-state index contributed by atoms with van der Waals surface area (Å²) >= 11 is 0. The molecule has 33 heavy (non-hydrogen) atoms. The van der Waals surface area contributed by atoms with Gasteiger partial charge in [0.25, 0.3) is 0 Å². The largest absolute Gasteiger partial charge is 0.459 e. The zero-order valence-corrected chi connectivity index (χ0v) is 19.6. The minimum Gasteiger partial charge on any atom is -0.459 e. The van der Waals surface area contributed by atoms with Crippen LogP contribution in [0.3, 0.4) is 0 Å². The summed E-state index contributed by atoms with van der Waals surface area (Å²) in [6.45, 7) is 7.43. The second kappa shape index (κ2) is 10.5. The van der Waals surface area contributed by atoms with E-state index in [2.05, 4.69) is 5.32 Å². The number of ether oxygens (including phenoxy) is 2. The van der Waals surface area contributed by atoms with Gasteiger partial charge in [0.05, 0.1) is 0 Å². The SMILES string of the molecule is C[C@H](NC(=O)[C@H]1C[C@@H](c2ccccc2)CN1C(=O)OC(C)(C)C)C(=O)OCc1ccccc1. The number of nitrogens with zero attached hydrogens (tertiary/aromatic N) is 1. The summed E-state index contributed by atoms with van der Waals surface area (Å²) in [6.07, 6.45) is -0.0960. The predicted molar refractivity (Wildman–Crippen MR) is 124 cm³/mol. The van der Waals surface area contributed by atoms with Crippen LogP contribution >= 0.6 is 0 Å². The van der Waals surface area contributed by atoms with Crippen molar-refractivity contribution in [3.63, 3.8) is 0 Å². The van der Waals surface area contributed by atoms with Crippen LogP contribution in [0.1, 0.15) is 51.2 Å². The maximum absolute atomic E-state index is 13.1. The third kappa shape index (κ3) is 6.81. The molecule has 1 aliphatic rings. The Morgan fingerprint density at radius 1 is 1.03 bits per heavy atom. The fourth-order valence-electron chi connectivity index (χ4n) is 3.80. The molecule has 1 aliphatic heterocycles. The van der Waals surface area contributed by atoms with Crippen molar-refractivity contribution in [2.45, 2.75) is 64.3 Å². The number of amides is 2. The third-order valence-electron chi connectivity index (χ3n) is 5.44. The molecule has 1 heterocycles. The first-order valence-electron chi connectivity index (χ1n) is 11.2. The highest BCUT2D eigenvalue weighted by Crippen LogP contribution is 2.33. The Kier molecular flexibility index (Phi) is 7.74. The van der Waals surface area contributed by atoms with Crippen LogP contribution in [0.15, 0.2) is 60.7 Å². The van der Waals surface area contributed by atoms with Gasteiger partial charge in [-0.15, -0.1) is 0 Å². The van der Waals surface area contributed by atoms with E-state index in [-0.39, 0.29) is 12.5 Å². The topological polar surface area (TPSA) is 84.9 Å². The molecule has 7 heteroatoms. The molecule has 2 aromatic rings. The van der Waals surface area contributed by atoms with Gasteiger partial charge in [-0.3, -0.25) is 9.69 Å². The van der Waals surface area contributed by atoms with Crippen molar-refractivity contribution in [2.75, 3.05) is 6.54 Å². The van der Waals surface area contributed by atoms with Crippen LogP contribution in [0.2, 0.25) is 0 Å². The first kappa shape index (κ1) is 24.3. The predicted octanol–water partition coefficient (Wildman–Crippen LogP) is 4.03. The van der Waals surface area contributed by atoms with Crippen LogP contribution in [0.5, 0.6) is 0 Å². The van der Waals surface area contributed by atoms with Gasteiger partial charge in [0, 0.05) is 12.5 Å². The lowest BCUT2D eigenvalue weighted by Gasteiger charge is -2.28. The molecule has 1 N–H and O–H groups in total. The lowest BCUT2D eigenvalue weighted by atomic mass is 9.96. The van der Waals surface area contributed by atoms with Crippen molar-refractivity contribution in [3.8, 4) is 0 Å². The normalized spacial score (nSPS) is 19.0. The molecule has 2 amide bonds. The average Bonchev–Trinajstić information content (AvgIpc) is 3.23. The number of benzene rings is 2. The maximum Gasteiger partial charge on any atom is 0.410 e. The Morgan fingerprint density at radius 3 is 2.24 bits per heavy atom. The molecule has 0 unspecified atom stereocenters. The van der Waals surface area contributed by atoms with E-state index < -0.39 is 35.7 Å². The number of rotatable bonds is 6. The molecule has 7 nitrogen and oxygen atoms in total. The summed E-state index contributed by atoms with van der Waals surface area (Å²) in [5.41, 5.74) is 1.23. The Hall–Kier alpha value is -3.35. The molecule has 0 aliphatic carbocycles. The zero-order valence-electron chi connectivity index (χ0n) is 19.6. The second-order valence-corrected chi connectivity index (χ2v) is 9.32. The highest BCUT2D eigenvalue weighted by molar-refractivity contribution is 5.90. The van der Waals surface area contributed by atoms with Gasteiger partial charge in [0.15, 0.2) is 0 Å². The molecule has 0 bridgehead atoms. The van der Waals surface area contributed by atoms with Gasteiger partial charge in [-0.1, -0.05) is 60.7 Å². The number of carbonyl (C=O) groups excluding carboxylic acids is 3. The van der Waals surface area contributed by atoms with Gasteiger partial charge < -0.3 is 14.8 Å². The number of nitrogens with one attached hydrogen (secondary N) is 1. The van der Waals surface area contributed by atoms with Crippen molar-refractivity contribution in [1.82, 2.24) is 10.2 Å². The molecule has 3 atom stereocenters. The molecule has 0 saturated carbocycles. The number of hydrogen-bond donors (Lipinski definition) is 1. The molecule has 0 spiro atoms. The van der Waals surface area contributed by atoms with E-state index in [1.165, 1.54) is 4.90 Å². The van der Waals surface area contributed by atoms with Gasteiger partial charge in [0.1, 0.15) is 24.3 Å². The molecule has 3 rings (SSSR count). The van der Waals surface area contributed by atoms with Crippen LogP contribution in [0.25, 0.3) is 0 Å². The minimum atomic E-state index is -0.850. The monoisotopic (exact) mass is 452 g/mol. The standard InChI is InChI=1S/C26H32N2O5/c1-18(24(30)32-17-19-11-7-5-8-12-19)27-23(29)22-15-21(20-13-9-6-10-14-20)16-28(22)25(31)33-26(2,3)4/h5-14,18,21-22H,15-17H2,1-4H3,(H,27,29)/t18-,21+,22+/m0/s1. The molecule has 176 valence electrons. The highest BCUT2D eigenvalue weighted by atomic mass is 16.6. The van der Waals surface area contributed by atoms with Crippen LogP contribution in [0.4, 0.5) is 4.79 Å². The van der Waals surface area contributed by atoms with Gasteiger partial charge in [0.2, 0.25) is 5.91 Å². The van der Waals surface area contributed by atoms with Crippen LogP contribution < -0.4 is 5.32 Å². The van der Waals surface area contributed by atoms with E-state index in [9.17, 15) is 14.4 Å². The Labute approximate surface area is 195 Å². The van der Waals surface area contributed by atoms with Gasteiger partial charge in [-0.25, -0.2) is 9.59 Å². The van der Waals surface area contributed by atoms with Gasteiger partial charge >= 0.3 is 12.1 Å². The van der Waals surface area contributed by atoms with Crippen LogP contribution in [-0.2, 0) is 25.7 Å². The minimum absolute atomic E-state index is 0.00481. The second-order valence-electron chi connectivity index (χ2n) is 9.32. The molecule has 0 radical (unpaired) electrons. The number of likely N-dealkylation sites (tertiary alicyclic amines) is 1. The lowest BCUT2D eigenvalue weighted by molar-refractivity contribution is -0.149. The Balaban J connectivity index is 1.66. The summed E-state index contributed by atoms with van der Waals surface area (Å²) in [7, 11) is 0. The smallest absolute Gasteiger partial charge is 0.410 e. The average molecular weight is 453 g/mol. The molecule has 0 aromatic heterocycles. The molecule has 1 saturated heterocycles. The summed E-state index contributed by atoms with van der Waals surface area (Å²) in [6, 6.07) is 17.5. The lowest BCUT2D eigenvalue weighted by Crippen LogP contribution is -2.51. The Bertz CT molecular complexity index is 956. The first-order valence-corrected chi connectivity index (χ1v) is 11.2. The number of carbonyl (C=O) groups is 3. The molecular weight excluding hydrogens is 420 g/mol. The van der Waals surface area contributed by atoms with Crippen molar-refractivity contribution < 1.29 is 23.9 Å². The molecular formula is C26H32N2O5. The molecule has 2 aromatic carbocycles. The summed E-state index contributed by atoms with van der Waals surface area (Å²) in [5, 5.41) is 2.71. The van der Waals surface area contributed by atoms with E-state index in [1.807, 2.05) is 60.7 Å².